The second-order valence-electron chi connectivity index (χ2n) is 5.98. The molecular weight excluding hydrogens is 280 g/mol. The molecule has 6 nitrogen and oxygen atoms in total. The molecule has 0 unspecified atom stereocenters. The molecule has 1 amide bonds. The van der Waals surface area contributed by atoms with Crippen LogP contribution in [0.25, 0.3) is 0 Å². The molecule has 2 heterocycles. The van der Waals surface area contributed by atoms with Crippen LogP contribution < -0.4 is 0 Å². The summed E-state index contributed by atoms with van der Waals surface area (Å²) in [5.41, 5.74) is 0. The molecule has 6 heteroatoms. The van der Waals surface area contributed by atoms with E-state index in [1.165, 1.54) is 0 Å². The van der Waals surface area contributed by atoms with Gasteiger partial charge in [0.15, 0.2) is 0 Å². The van der Waals surface area contributed by atoms with Gasteiger partial charge < -0.3 is 14.2 Å². The Hall–Kier alpha value is -1.40. The van der Waals surface area contributed by atoms with Gasteiger partial charge >= 0.3 is 0 Å². The Bertz CT molecular complexity index is 474. The first-order chi connectivity index (χ1) is 10.7. The molecule has 1 atom stereocenters. The van der Waals surface area contributed by atoms with Crippen molar-refractivity contribution in [1.29, 1.82) is 0 Å². The Morgan fingerprint density at radius 2 is 2.36 bits per heavy atom. The van der Waals surface area contributed by atoms with E-state index < -0.39 is 0 Å². The zero-order valence-electron chi connectivity index (χ0n) is 14.0. The van der Waals surface area contributed by atoms with Crippen molar-refractivity contribution >= 4 is 5.91 Å². The molecule has 1 aliphatic heterocycles. The molecular formula is C16H28N4O2. The molecule has 1 aromatic heterocycles. The van der Waals surface area contributed by atoms with Crippen molar-refractivity contribution < 1.29 is 9.53 Å². The van der Waals surface area contributed by atoms with Crippen LogP contribution in [-0.4, -0.2) is 72.2 Å². The molecule has 0 radical (unpaired) electrons. The summed E-state index contributed by atoms with van der Waals surface area (Å²) in [7, 11) is 3.64. The first-order valence-corrected chi connectivity index (χ1v) is 8.12. The second kappa shape index (κ2) is 8.29. The molecule has 0 aliphatic carbocycles. The Balaban J connectivity index is 1.91. The average Bonchev–Trinajstić information content (AvgIpc) is 3.01. The zero-order chi connectivity index (χ0) is 15.9. The van der Waals surface area contributed by atoms with Gasteiger partial charge in [-0.15, -0.1) is 0 Å². The SMILES string of the molecule is CCn1ccnc1[C@@H]1CCCN(C(=O)CN(C)CCOC)C1. The molecule has 0 spiro atoms. The number of carbonyl (C=O) groups is 1. The van der Waals surface area contributed by atoms with Gasteiger partial charge in [0.1, 0.15) is 5.82 Å². The van der Waals surface area contributed by atoms with E-state index in [9.17, 15) is 4.79 Å². The van der Waals surface area contributed by atoms with E-state index in [4.69, 9.17) is 4.74 Å². The Labute approximate surface area is 133 Å². The molecule has 2 rings (SSSR count). The number of imidazole rings is 1. The Morgan fingerprint density at radius 1 is 1.55 bits per heavy atom. The van der Waals surface area contributed by atoms with E-state index in [1.54, 1.807) is 7.11 Å². The lowest BCUT2D eigenvalue weighted by Crippen LogP contribution is -2.44. The molecule has 1 aliphatic rings. The molecule has 0 aromatic carbocycles. The number of ether oxygens (including phenoxy) is 1. The van der Waals surface area contributed by atoms with Gasteiger partial charge in [-0.1, -0.05) is 0 Å². The lowest BCUT2D eigenvalue weighted by molar-refractivity contribution is -0.133. The van der Waals surface area contributed by atoms with Crippen LogP contribution in [0.3, 0.4) is 0 Å². The number of aryl methyl sites for hydroxylation is 1. The minimum atomic E-state index is 0.206. The van der Waals surface area contributed by atoms with E-state index in [-0.39, 0.29) is 5.91 Å². The monoisotopic (exact) mass is 308 g/mol. The normalized spacial score (nSPS) is 18.9. The van der Waals surface area contributed by atoms with Crippen molar-refractivity contribution in [2.45, 2.75) is 32.2 Å². The number of rotatable bonds is 7. The van der Waals surface area contributed by atoms with E-state index in [2.05, 4.69) is 16.5 Å². The van der Waals surface area contributed by atoms with Crippen LogP contribution in [0.5, 0.6) is 0 Å². The van der Waals surface area contributed by atoms with E-state index in [1.807, 2.05) is 29.2 Å². The predicted molar refractivity (Wildman–Crippen MR) is 85.8 cm³/mol. The van der Waals surface area contributed by atoms with Gasteiger partial charge in [0.05, 0.1) is 13.2 Å². The molecule has 22 heavy (non-hydrogen) atoms. The number of nitrogens with zero attached hydrogens (tertiary/aromatic N) is 4. The smallest absolute Gasteiger partial charge is 0.236 e. The molecule has 0 N–H and O–H groups in total. The molecule has 1 saturated heterocycles. The molecule has 1 aromatic rings. The third-order valence-electron chi connectivity index (χ3n) is 4.31. The van der Waals surface area contributed by atoms with Gasteiger partial charge in [0, 0.05) is 51.6 Å². The van der Waals surface area contributed by atoms with Crippen molar-refractivity contribution in [1.82, 2.24) is 19.4 Å². The highest BCUT2D eigenvalue weighted by atomic mass is 16.5. The van der Waals surface area contributed by atoms with Crippen LogP contribution in [0.2, 0.25) is 0 Å². The Kier molecular flexibility index (Phi) is 6.39. The quantitative estimate of drug-likeness (QED) is 0.759. The molecule has 1 fully saturated rings. The van der Waals surface area contributed by atoms with Crippen LogP contribution in [0.4, 0.5) is 0 Å². The fourth-order valence-corrected chi connectivity index (χ4v) is 3.02. The fourth-order valence-electron chi connectivity index (χ4n) is 3.02. The van der Waals surface area contributed by atoms with Crippen LogP contribution >= 0.6 is 0 Å². The van der Waals surface area contributed by atoms with Gasteiger partial charge in [-0.25, -0.2) is 4.98 Å². The standard InChI is InChI=1S/C16H28N4O2/c1-4-19-9-7-17-16(19)14-6-5-8-20(12-14)15(21)13-18(2)10-11-22-3/h7,9,14H,4-6,8,10-13H2,1-3H3/t14-/m1/s1. The highest BCUT2D eigenvalue weighted by molar-refractivity contribution is 5.78. The van der Waals surface area contributed by atoms with Crippen molar-refractivity contribution in [2.75, 3.05) is 46.9 Å². The molecule has 0 saturated carbocycles. The molecule has 0 bridgehead atoms. The van der Waals surface area contributed by atoms with Gasteiger partial charge in [-0.3, -0.25) is 9.69 Å². The first-order valence-electron chi connectivity index (χ1n) is 8.12. The minimum Gasteiger partial charge on any atom is -0.383 e. The van der Waals surface area contributed by atoms with Crippen LogP contribution in [-0.2, 0) is 16.1 Å². The third kappa shape index (κ3) is 4.30. The number of aromatic nitrogens is 2. The number of amides is 1. The minimum absolute atomic E-state index is 0.206. The average molecular weight is 308 g/mol. The Morgan fingerprint density at radius 3 is 3.09 bits per heavy atom. The number of likely N-dealkylation sites (tertiary alicyclic amines) is 1. The maximum atomic E-state index is 12.5. The highest BCUT2D eigenvalue weighted by Gasteiger charge is 2.27. The number of methoxy groups -OCH3 is 1. The van der Waals surface area contributed by atoms with E-state index >= 15 is 0 Å². The number of carbonyl (C=O) groups excluding carboxylic acids is 1. The fraction of sp³-hybridized carbons (Fsp3) is 0.750. The highest BCUT2D eigenvalue weighted by Crippen LogP contribution is 2.25. The summed E-state index contributed by atoms with van der Waals surface area (Å²) in [5, 5.41) is 0. The summed E-state index contributed by atoms with van der Waals surface area (Å²) >= 11 is 0. The lowest BCUT2D eigenvalue weighted by Gasteiger charge is -2.33. The summed E-state index contributed by atoms with van der Waals surface area (Å²) in [6, 6.07) is 0. The number of likely N-dealkylation sites (N-methyl/N-ethyl adjacent to an activating group) is 1. The van der Waals surface area contributed by atoms with Crippen LogP contribution in [0.1, 0.15) is 31.5 Å². The first kappa shape index (κ1) is 17.0. The molecule has 124 valence electrons. The largest absolute Gasteiger partial charge is 0.383 e. The third-order valence-corrected chi connectivity index (χ3v) is 4.31. The van der Waals surface area contributed by atoms with Crippen LogP contribution in [0, 0.1) is 0 Å². The number of piperidine rings is 1. The summed E-state index contributed by atoms with van der Waals surface area (Å²) in [5.74, 6) is 1.68. The van der Waals surface area contributed by atoms with Crippen LogP contribution in [0.15, 0.2) is 12.4 Å². The second-order valence-corrected chi connectivity index (χ2v) is 5.98. The van der Waals surface area contributed by atoms with E-state index in [0.29, 0.717) is 19.1 Å². The number of hydrogen-bond acceptors (Lipinski definition) is 4. The van der Waals surface area contributed by atoms with Crippen molar-refractivity contribution in [3.63, 3.8) is 0 Å². The van der Waals surface area contributed by atoms with Gasteiger partial charge in [0.2, 0.25) is 5.91 Å². The van der Waals surface area contributed by atoms with Crippen molar-refractivity contribution in [2.24, 2.45) is 0 Å². The summed E-state index contributed by atoms with van der Waals surface area (Å²) in [6.45, 7) is 6.59. The van der Waals surface area contributed by atoms with E-state index in [0.717, 1.165) is 44.8 Å². The summed E-state index contributed by atoms with van der Waals surface area (Å²) < 4.78 is 7.24. The maximum Gasteiger partial charge on any atom is 0.236 e. The number of hydrogen-bond donors (Lipinski definition) is 0. The zero-order valence-corrected chi connectivity index (χ0v) is 14.0. The van der Waals surface area contributed by atoms with Crippen molar-refractivity contribution in [3.8, 4) is 0 Å². The summed E-state index contributed by atoms with van der Waals surface area (Å²) in [4.78, 5) is 21.0. The lowest BCUT2D eigenvalue weighted by atomic mass is 9.97. The van der Waals surface area contributed by atoms with Gasteiger partial charge in [-0.05, 0) is 26.8 Å². The van der Waals surface area contributed by atoms with Gasteiger partial charge in [0.25, 0.3) is 0 Å². The van der Waals surface area contributed by atoms with Crippen molar-refractivity contribution in [3.05, 3.63) is 18.2 Å². The topological polar surface area (TPSA) is 50.6 Å². The summed E-state index contributed by atoms with van der Waals surface area (Å²) in [6.07, 6.45) is 6.04. The van der Waals surface area contributed by atoms with Gasteiger partial charge in [-0.2, -0.15) is 0 Å². The predicted octanol–water partition coefficient (Wildman–Crippen LogP) is 1.19. The maximum absolute atomic E-state index is 12.5.